The predicted molar refractivity (Wildman–Crippen MR) is 87.1 cm³/mol. The summed E-state index contributed by atoms with van der Waals surface area (Å²) in [6.45, 7) is 2.75. The lowest BCUT2D eigenvalue weighted by Crippen LogP contribution is -2.51. The van der Waals surface area contributed by atoms with E-state index in [1.807, 2.05) is 4.90 Å². The molecule has 0 bridgehead atoms. The molecule has 0 unspecified atom stereocenters. The van der Waals surface area contributed by atoms with Crippen molar-refractivity contribution in [2.75, 3.05) is 26.3 Å². The Hall–Kier alpha value is -1.30. The van der Waals surface area contributed by atoms with Crippen molar-refractivity contribution in [1.29, 1.82) is 0 Å². The topological polar surface area (TPSA) is 70.7 Å². The van der Waals surface area contributed by atoms with Crippen LogP contribution in [0.25, 0.3) is 0 Å². The van der Waals surface area contributed by atoms with Crippen LogP contribution in [0.2, 0.25) is 0 Å². The van der Waals surface area contributed by atoms with Gasteiger partial charge in [0.05, 0.1) is 12.5 Å². The summed E-state index contributed by atoms with van der Waals surface area (Å²) in [6, 6.07) is 0.487. The number of carbonyl (C=O) groups is 2. The first kappa shape index (κ1) is 16.6. The first-order chi connectivity index (χ1) is 11.2. The van der Waals surface area contributed by atoms with Gasteiger partial charge in [-0.05, 0) is 32.1 Å². The van der Waals surface area contributed by atoms with Gasteiger partial charge >= 0.3 is 6.03 Å². The second-order valence-electron chi connectivity index (χ2n) is 7.11. The number of rotatable bonds is 3. The van der Waals surface area contributed by atoms with E-state index in [-0.39, 0.29) is 23.9 Å². The Morgan fingerprint density at radius 1 is 0.870 bits per heavy atom. The molecule has 6 nitrogen and oxygen atoms in total. The number of nitrogens with zero attached hydrogens (tertiary/aromatic N) is 1. The Labute approximate surface area is 138 Å². The van der Waals surface area contributed by atoms with Crippen molar-refractivity contribution < 1.29 is 14.3 Å². The van der Waals surface area contributed by atoms with Gasteiger partial charge in [-0.15, -0.1) is 0 Å². The number of hydrogen-bond acceptors (Lipinski definition) is 3. The van der Waals surface area contributed by atoms with Gasteiger partial charge in [0.1, 0.15) is 0 Å². The van der Waals surface area contributed by atoms with Crippen LogP contribution in [0, 0.1) is 5.92 Å². The molecule has 0 aromatic rings. The Kier molecular flexibility index (Phi) is 5.75. The van der Waals surface area contributed by atoms with E-state index < -0.39 is 0 Å². The van der Waals surface area contributed by atoms with Crippen LogP contribution in [0.3, 0.4) is 0 Å². The highest BCUT2D eigenvalue weighted by molar-refractivity contribution is 5.79. The van der Waals surface area contributed by atoms with Crippen LogP contribution < -0.4 is 10.6 Å². The molecule has 2 heterocycles. The maximum atomic E-state index is 12.3. The van der Waals surface area contributed by atoms with Crippen LogP contribution in [-0.2, 0) is 9.53 Å². The summed E-state index contributed by atoms with van der Waals surface area (Å²) in [5.74, 6) is 0.279. The van der Waals surface area contributed by atoms with E-state index in [1.54, 1.807) is 0 Å². The zero-order chi connectivity index (χ0) is 16.1. The molecule has 1 saturated carbocycles. The van der Waals surface area contributed by atoms with Crippen molar-refractivity contribution in [3.8, 4) is 0 Å². The number of amides is 3. The standard InChI is InChI=1S/C17H29N3O3/c21-16(13-8-11-23-12-13)20-9-6-15(7-10-20)19-17(22)18-14-4-2-1-3-5-14/h13-15H,1-12H2,(H2,18,19,22)/t13-/m0/s1. The Bertz CT molecular complexity index is 409. The predicted octanol–water partition coefficient (Wildman–Crippen LogP) is 1.65. The van der Waals surface area contributed by atoms with E-state index in [1.165, 1.54) is 19.3 Å². The van der Waals surface area contributed by atoms with Crippen LogP contribution in [-0.4, -0.2) is 55.2 Å². The lowest BCUT2D eigenvalue weighted by Gasteiger charge is -2.34. The fourth-order valence-corrected chi connectivity index (χ4v) is 3.89. The summed E-state index contributed by atoms with van der Waals surface area (Å²) in [7, 11) is 0. The number of likely N-dealkylation sites (tertiary alicyclic amines) is 1. The number of hydrogen-bond donors (Lipinski definition) is 2. The van der Waals surface area contributed by atoms with Crippen molar-refractivity contribution in [3.05, 3.63) is 0 Å². The van der Waals surface area contributed by atoms with Gasteiger partial charge in [0.15, 0.2) is 0 Å². The molecular formula is C17H29N3O3. The largest absolute Gasteiger partial charge is 0.381 e. The van der Waals surface area contributed by atoms with Crippen LogP contribution in [0.5, 0.6) is 0 Å². The van der Waals surface area contributed by atoms with Gasteiger partial charge in [0.25, 0.3) is 0 Å². The molecule has 1 aliphatic carbocycles. The van der Waals surface area contributed by atoms with Crippen molar-refractivity contribution >= 4 is 11.9 Å². The van der Waals surface area contributed by atoms with Crippen molar-refractivity contribution in [3.63, 3.8) is 0 Å². The smallest absolute Gasteiger partial charge is 0.315 e. The minimum Gasteiger partial charge on any atom is -0.381 e. The molecule has 130 valence electrons. The van der Waals surface area contributed by atoms with E-state index in [9.17, 15) is 9.59 Å². The minimum absolute atomic E-state index is 0.0362. The molecule has 3 fully saturated rings. The molecule has 0 aromatic carbocycles. The van der Waals surface area contributed by atoms with Crippen molar-refractivity contribution in [2.45, 2.75) is 63.5 Å². The first-order valence-corrected chi connectivity index (χ1v) is 9.16. The van der Waals surface area contributed by atoms with Gasteiger partial charge in [0, 0.05) is 31.8 Å². The summed E-state index contributed by atoms with van der Waals surface area (Å²) in [5, 5.41) is 6.18. The normalized spacial score (nSPS) is 27.0. The molecule has 1 atom stereocenters. The van der Waals surface area contributed by atoms with Crippen molar-refractivity contribution in [2.24, 2.45) is 5.92 Å². The second kappa shape index (κ2) is 7.99. The van der Waals surface area contributed by atoms with E-state index in [0.717, 1.165) is 45.2 Å². The Morgan fingerprint density at radius 2 is 1.52 bits per heavy atom. The number of nitrogens with one attached hydrogen (secondary N) is 2. The second-order valence-corrected chi connectivity index (χ2v) is 7.11. The van der Waals surface area contributed by atoms with Crippen LogP contribution in [0.15, 0.2) is 0 Å². The molecule has 6 heteroatoms. The maximum Gasteiger partial charge on any atom is 0.315 e. The van der Waals surface area contributed by atoms with E-state index in [2.05, 4.69) is 10.6 Å². The average Bonchev–Trinajstić information content (AvgIpc) is 3.10. The molecule has 3 aliphatic rings. The van der Waals surface area contributed by atoms with Gasteiger partial charge in [-0.1, -0.05) is 19.3 Å². The molecule has 0 aromatic heterocycles. The summed E-state index contributed by atoms with van der Waals surface area (Å²) < 4.78 is 5.30. The van der Waals surface area contributed by atoms with Gasteiger partial charge < -0.3 is 20.3 Å². The van der Waals surface area contributed by atoms with Gasteiger partial charge in [-0.25, -0.2) is 4.79 Å². The summed E-state index contributed by atoms with van der Waals surface area (Å²) in [4.78, 5) is 26.4. The zero-order valence-corrected chi connectivity index (χ0v) is 13.9. The lowest BCUT2D eigenvalue weighted by molar-refractivity contribution is -0.136. The Balaban J connectivity index is 1.36. The highest BCUT2D eigenvalue weighted by Gasteiger charge is 2.31. The highest BCUT2D eigenvalue weighted by Crippen LogP contribution is 2.20. The molecule has 2 saturated heterocycles. The SMILES string of the molecule is O=C(NC1CCCCC1)NC1CCN(C(=O)[C@H]2CCOC2)CC1. The van der Waals surface area contributed by atoms with Crippen LogP contribution in [0.1, 0.15) is 51.4 Å². The molecule has 2 aliphatic heterocycles. The fraction of sp³-hybridized carbons (Fsp3) is 0.882. The molecule has 3 amide bonds. The molecule has 0 radical (unpaired) electrons. The third kappa shape index (κ3) is 4.59. The molecule has 0 spiro atoms. The highest BCUT2D eigenvalue weighted by atomic mass is 16.5. The monoisotopic (exact) mass is 323 g/mol. The van der Waals surface area contributed by atoms with E-state index >= 15 is 0 Å². The molecule has 2 N–H and O–H groups in total. The first-order valence-electron chi connectivity index (χ1n) is 9.16. The van der Waals surface area contributed by atoms with Gasteiger partial charge in [-0.3, -0.25) is 4.79 Å². The zero-order valence-electron chi connectivity index (χ0n) is 13.9. The number of urea groups is 1. The fourth-order valence-electron chi connectivity index (χ4n) is 3.89. The lowest BCUT2D eigenvalue weighted by atomic mass is 9.96. The average molecular weight is 323 g/mol. The third-order valence-electron chi connectivity index (χ3n) is 5.36. The summed E-state index contributed by atoms with van der Waals surface area (Å²) in [6.07, 6.45) is 8.47. The molecular weight excluding hydrogens is 294 g/mol. The maximum absolute atomic E-state index is 12.3. The number of carbonyl (C=O) groups excluding carboxylic acids is 2. The summed E-state index contributed by atoms with van der Waals surface area (Å²) in [5.41, 5.74) is 0. The van der Waals surface area contributed by atoms with Gasteiger partial charge in [0.2, 0.25) is 5.91 Å². The third-order valence-corrected chi connectivity index (χ3v) is 5.36. The summed E-state index contributed by atoms with van der Waals surface area (Å²) >= 11 is 0. The quantitative estimate of drug-likeness (QED) is 0.829. The molecule has 3 rings (SSSR count). The Morgan fingerprint density at radius 3 is 2.13 bits per heavy atom. The minimum atomic E-state index is -0.0362. The van der Waals surface area contributed by atoms with Crippen molar-refractivity contribution in [1.82, 2.24) is 15.5 Å². The molecule has 23 heavy (non-hydrogen) atoms. The van der Waals surface area contributed by atoms with E-state index in [0.29, 0.717) is 19.3 Å². The number of piperidine rings is 1. The number of ether oxygens (including phenoxy) is 1. The van der Waals surface area contributed by atoms with Crippen LogP contribution >= 0.6 is 0 Å². The van der Waals surface area contributed by atoms with E-state index in [4.69, 9.17) is 4.74 Å². The van der Waals surface area contributed by atoms with Crippen LogP contribution in [0.4, 0.5) is 4.79 Å². The van der Waals surface area contributed by atoms with Gasteiger partial charge in [-0.2, -0.15) is 0 Å².